The van der Waals surface area contributed by atoms with Crippen LogP contribution in [0.2, 0.25) is 5.02 Å². The number of thioether (sulfide) groups is 1. The molecular formula is C27H26ClN3O5S. The number of rotatable bonds is 7. The molecule has 0 radical (unpaired) electrons. The van der Waals surface area contributed by atoms with Gasteiger partial charge in [0.25, 0.3) is 5.56 Å². The summed E-state index contributed by atoms with van der Waals surface area (Å²) in [6, 6.07) is 11.1. The van der Waals surface area contributed by atoms with Gasteiger partial charge in [0, 0.05) is 34.4 Å². The molecule has 3 aromatic rings. The summed E-state index contributed by atoms with van der Waals surface area (Å²) in [5, 5.41) is 4.42. The fraction of sp³-hybridized carbons (Fsp3) is 0.296. The molecule has 1 unspecified atom stereocenters. The number of Topliss-reactive ketones (excluding diaryl/α,β-unsaturated/α-hetero) is 1. The van der Waals surface area contributed by atoms with Crippen LogP contribution in [-0.2, 0) is 10.5 Å². The van der Waals surface area contributed by atoms with Crippen LogP contribution in [0.1, 0.15) is 41.9 Å². The van der Waals surface area contributed by atoms with Gasteiger partial charge in [-0.1, -0.05) is 41.6 Å². The van der Waals surface area contributed by atoms with Crippen molar-refractivity contribution >= 4 is 35.0 Å². The molecule has 0 spiro atoms. The summed E-state index contributed by atoms with van der Waals surface area (Å²) in [4.78, 5) is 34.4. The number of ketones is 1. The summed E-state index contributed by atoms with van der Waals surface area (Å²) in [5.74, 6) is 1.69. The van der Waals surface area contributed by atoms with Crippen LogP contribution in [0, 0.1) is 0 Å². The van der Waals surface area contributed by atoms with Gasteiger partial charge in [-0.2, -0.15) is 0 Å². The molecule has 37 heavy (non-hydrogen) atoms. The van der Waals surface area contributed by atoms with Gasteiger partial charge in [-0.3, -0.25) is 9.59 Å². The SMILES string of the molecule is COc1cc(C2C3=C(CCCC3=O)Nc3nc(SCc4ccccc4Cl)[nH]c(=O)c32)cc(OC)c1OC. The largest absolute Gasteiger partial charge is 0.493 e. The van der Waals surface area contributed by atoms with E-state index in [0.717, 1.165) is 17.7 Å². The second-order valence-electron chi connectivity index (χ2n) is 8.70. The number of nitrogens with one attached hydrogen (secondary N) is 2. The Morgan fingerprint density at radius 1 is 1.05 bits per heavy atom. The number of aromatic amines is 1. The van der Waals surface area contributed by atoms with E-state index in [9.17, 15) is 9.59 Å². The van der Waals surface area contributed by atoms with E-state index in [2.05, 4.69) is 10.3 Å². The Balaban J connectivity index is 1.62. The molecule has 1 aliphatic carbocycles. The second-order valence-corrected chi connectivity index (χ2v) is 10.1. The summed E-state index contributed by atoms with van der Waals surface area (Å²) < 4.78 is 16.6. The van der Waals surface area contributed by atoms with Gasteiger partial charge < -0.3 is 24.5 Å². The van der Waals surface area contributed by atoms with Crippen molar-refractivity contribution in [3.05, 3.63) is 79.7 Å². The highest BCUT2D eigenvalue weighted by Gasteiger charge is 2.38. The smallest absolute Gasteiger partial charge is 0.257 e. The molecule has 8 nitrogen and oxygen atoms in total. The Kier molecular flexibility index (Phi) is 7.17. The quantitative estimate of drug-likeness (QED) is 0.308. The van der Waals surface area contributed by atoms with Crippen LogP contribution in [0.15, 0.2) is 57.6 Å². The van der Waals surface area contributed by atoms with E-state index in [0.29, 0.717) is 68.5 Å². The molecule has 1 aliphatic heterocycles. The Labute approximate surface area is 223 Å². The lowest BCUT2D eigenvalue weighted by atomic mass is 9.76. The summed E-state index contributed by atoms with van der Waals surface area (Å²) in [6.07, 6.45) is 1.85. The average molecular weight is 540 g/mol. The molecule has 2 aromatic carbocycles. The minimum Gasteiger partial charge on any atom is -0.493 e. The molecule has 0 fully saturated rings. The summed E-state index contributed by atoms with van der Waals surface area (Å²) >= 11 is 7.69. The standard InChI is InChI=1S/C27H26ClN3O5S/c1-34-19-11-15(12-20(35-2)24(19)36-3)21-22-17(9-6-10-18(22)32)29-25-23(21)26(33)31-27(30-25)37-13-14-7-4-5-8-16(14)28/h4-5,7-8,11-12,21H,6,9-10,13H2,1-3H3,(H2,29,30,31,33). The molecule has 0 saturated carbocycles. The molecule has 0 bridgehead atoms. The van der Waals surface area contributed by atoms with Crippen molar-refractivity contribution in [1.29, 1.82) is 0 Å². The fourth-order valence-corrected chi connectivity index (χ4v) is 6.02. The maximum atomic E-state index is 13.6. The van der Waals surface area contributed by atoms with Crippen molar-refractivity contribution in [2.75, 3.05) is 26.6 Å². The number of halogens is 1. The van der Waals surface area contributed by atoms with Crippen molar-refractivity contribution in [2.45, 2.75) is 36.1 Å². The van der Waals surface area contributed by atoms with Gasteiger partial charge in [0.05, 0.1) is 26.9 Å². The van der Waals surface area contributed by atoms with Crippen LogP contribution in [0.5, 0.6) is 17.2 Å². The lowest BCUT2D eigenvalue weighted by Crippen LogP contribution is -2.32. The van der Waals surface area contributed by atoms with Crippen molar-refractivity contribution in [1.82, 2.24) is 9.97 Å². The highest BCUT2D eigenvalue weighted by Crippen LogP contribution is 2.47. The van der Waals surface area contributed by atoms with Crippen LogP contribution in [0.25, 0.3) is 0 Å². The lowest BCUT2D eigenvalue weighted by molar-refractivity contribution is -0.116. The number of fused-ring (bicyclic) bond motifs is 1. The molecule has 10 heteroatoms. The first-order valence-electron chi connectivity index (χ1n) is 11.8. The zero-order valence-electron chi connectivity index (χ0n) is 20.6. The molecule has 2 heterocycles. The first kappa shape index (κ1) is 25.2. The molecular weight excluding hydrogens is 514 g/mol. The third-order valence-electron chi connectivity index (χ3n) is 6.58. The Bertz CT molecular complexity index is 1440. The summed E-state index contributed by atoms with van der Waals surface area (Å²) in [5.41, 5.74) is 3.07. The number of carbonyl (C=O) groups excluding carboxylic acids is 1. The zero-order valence-corrected chi connectivity index (χ0v) is 22.2. The number of ether oxygens (including phenoxy) is 3. The van der Waals surface area contributed by atoms with Gasteiger partial charge in [0.1, 0.15) is 5.82 Å². The van der Waals surface area contributed by atoms with Crippen LogP contribution < -0.4 is 25.1 Å². The second kappa shape index (κ2) is 10.5. The molecule has 0 saturated heterocycles. The van der Waals surface area contributed by atoms with Gasteiger partial charge in [0.15, 0.2) is 22.4 Å². The van der Waals surface area contributed by atoms with Crippen LogP contribution in [0.4, 0.5) is 5.82 Å². The maximum Gasteiger partial charge on any atom is 0.257 e. The van der Waals surface area contributed by atoms with E-state index in [1.54, 1.807) is 12.1 Å². The number of methoxy groups -OCH3 is 3. The third kappa shape index (κ3) is 4.69. The molecule has 2 N–H and O–H groups in total. The normalized spacial score (nSPS) is 16.5. The third-order valence-corrected chi connectivity index (χ3v) is 7.87. The number of aromatic nitrogens is 2. The van der Waals surface area contributed by atoms with Crippen LogP contribution in [-0.4, -0.2) is 37.1 Å². The highest BCUT2D eigenvalue weighted by atomic mass is 35.5. The number of carbonyl (C=O) groups is 1. The van der Waals surface area contributed by atoms with Crippen molar-refractivity contribution < 1.29 is 19.0 Å². The van der Waals surface area contributed by atoms with Gasteiger partial charge in [-0.05, 0) is 42.2 Å². The average Bonchev–Trinajstić information content (AvgIpc) is 2.90. The van der Waals surface area contributed by atoms with E-state index in [4.69, 9.17) is 30.8 Å². The van der Waals surface area contributed by atoms with Gasteiger partial charge in [0.2, 0.25) is 5.75 Å². The lowest BCUT2D eigenvalue weighted by Gasteiger charge is -2.33. The van der Waals surface area contributed by atoms with E-state index >= 15 is 0 Å². The maximum absolute atomic E-state index is 13.6. The number of allylic oxidation sites excluding steroid dienone is 2. The fourth-order valence-electron chi connectivity index (χ4n) is 4.87. The number of hydrogen-bond donors (Lipinski definition) is 2. The molecule has 2 aliphatic rings. The zero-order chi connectivity index (χ0) is 26.1. The van der Waals surface area contributed by atoms with Gasteiger partial charge in [-0.25, -0.2) is 4.98 Å². The van der Waals surface area contributed by atoms with Crippen LogP contribution >= 0.6 is 23.4 Å². The summed E-state index contributed by atoms with van der Waals surface area (Å²) in [7, 11) is 4.59. The van der Waals surface area contributed by atoms with Gasteiger partial charge >= 0.3 is 0 Å². The highest BCUT2D eigenvalue weighted by molar-refractivity contribution is 7.98. The Morgan fingerprint density at radius 2 is 1.78 bits per heavy atom. The van der Waals surface area contributed by atoms with E-state index in [-0.39, 0.29) is 11.3 Å². The Hall–Kier alpha value is -3.43. The van der Waals surface area contributed by atoms with E-state index < -0.39 is 5.92 Å². The minimum atomic E-state index is -0.633. The number of anilines is 1. The first-order valence-corrected chi connectivity index (χ1v) is 13.1. The number of benzene rings is 2. The predicted molar refractivity (Wildman–Crippen MR) is 143 cm³/mol. The first-order chi connectivity index (χ1) is 17.9. The summed E-state index contributed by atoms with van der Waals surface area (Å²) in [6.45, 7) is 0. The van der Waals surface area contributed by atoms with Crippen molar-refractivity contribution in [3.63, 3.8) is 0 Å². The molecule has 5 rings (SSSR count). The van der Waals surface area contributed by atoms with E-state index in [1.165, 1.54) is 33.1 Å². The van der Waals surface area contributed by atoms with Crippen molar-refractivity contribution in [2.24, 2.45) is 0 Å². The number of nitrogens with zero attached hydrogens (tertiary/aromatic N) is 1. The Morgan fingerprint density at radius 3 is 2.46 bits per heavy atom. The van der Waals surface area contributed by atoms with Crippen LogP contribution in [0.3, 0.4) is 0 Å². The topological polar surface area (TPSA) is 103 Å². The molecule has 0 amide bonds. The molecule has 1 atom stereocenters. The molecule has 1 aromatic heterocycles. The molecule has 192 valence electrons. The van der Waals surface area contributed by atoms with Crippen molar-refractivity contribution in [3.8, 4) is 17.2 Å². The minimum absolute atomic E-state index is 0.00900. The number of hydrogen-bond acceptors (Lipinski definition) is 8. The predicted octanol–water partition coefficient (Wildman–Crippen LogP) is 5.31. The van der Waals surface area contributed by atoms with E-state index in [1.807, 2.05) is 24.3 Å². The number of H-pyrrole nitrogens is 1. The van der Waals surface area contributed by atoms with Gasteiger partial charge in [-0.15, -0.1) is 0 Å². The monoisotopic (exact) mass is 539 g/mol.